The van der Waals surface area contributed by atoms with Crippen molar-refractivity contribution in [2.24, 2.45) is 0 Å². The predicted octanol–water partition coefficient (Wildman–Crippen LogP) is 4.08. The van der Waals surface area contributed by atoms with Gasteiger partial charge < -0.3 is 10.6 Å². The first-order valence-corrected chi connectivity index (χ1v) is 9.96. The van der Waals surface area contributed by atoms with E-state index in [2.05, 4.69) is 26.6 Å². The van der Waals surface area contributed by atoms with Crippen LogP contribution in [-0.2, 0) is 9.59 Å². The van der Waals surface area contributed by atoms with Gasteiger partial charge in [-0.2, -0.15) is 0 Å². The Labute approximate surface area is 180 Å². The largest absolute Gasteiger partial charge is 0.326 e. The van der Waals surface area contributed by atoms with Crippen LogP contribution in [0.1, 0.15) is 40.5 Å². The smallest absolute Gasteiger partial charge is 0.261 e. The lowest BCUT2D eigenvalue weighted by Gasteiger charge is -2.14. The Morgan fingerprint density at radius 1 is 1.03 bits per heavy atom. The molecule has 0 atom stereocenters. The zero-order valence-electron chi connectivity index (χ0n) is 15.4. The fourth-order valence-electron chi connectivity index (χ4n) is 2.97. The molecule has 150 valence electrons. The number of hydrogen-bond acceptors (Lipinski definition) is 4. The van der Waals surface area contributed by atoms with Crippen LogP contribution in [0.2, 0.25) is 5.02 Å². The summed E-state index contributed by atoms with van der Waals surface area (Å²) >= 11 is 9.42. The molecule has 0 bridgehead atoms. The summed E-state index contributed by atoms with van der Waals surface area (Å²) in [5, 5.41) is 5.58. The number of hydrogen-bond donors (Lipinski definition) is 2. The monoisotopic (exact) mass is 477 g/mol. The summed E-state index contributed by atoms with van der Waals surface area (Å²) in [4.78, 5) is 49.2. The van der Waals surface area contributed by atoms with Crippen LogP contribution < -0.4 is 10.6 Å². The van der Waals surface area contributed by atoms with E-state index in [-0.39, 0.29) is 41.6 Å². The van der Waals surface area contributed by atoms with Crippen LogP contribution in [0.15, 0.2) is 40.9 Å². The van der Waals surface area contributed by atoms with Gasteiger partial charge in [-0.1, -0.05) is 27.5 Å². The fraction of sp³-hybridized carbons (Fsp3) is 0.200. The second kappa shape index (κ2) is 8.75. The van der Waals surface area contributed by atoms with Gasteiger partial charge in [-0.25, -0.2) is 0 Å². The fourth-order valence-corrected chi connectivity index (χ4v) is 3.56. The number of rotatable bonds is 6. The first-order chi connectivity index (χ1) is 13.8. The molecule has 1 heterocycles. The first-order valence-electron chi connectivity index (χ1n) is 8.79. The number of carbonyl (C=O) groups excluding carboxylic acids is 4. The van der Waals surface area contributed by atoms with Gasteiger partial charge in [-0.15, -0.1) is 0 Å². The third-order valence-electron chi connectivity index (χ3n) is 4.28. The van der Waals surface area contributed by atoms with Crippen LogP contribution >= 0.6 is 27.5 Å². The van der Waals surface area contributed by atoms with Crippen LogP contribution in [0.3, 0.4) is 0 Å². The third kappa shape index (κ3) is 4.83. The van der Waals surface area contributed by atoms with Gasteiger partial charge >= 0.3 is 0 Å². The van der Waals surface area contributed by atoms with Crippen LogP contribution in [-0.4, -0.2) is 35.1 Å². The topological polar surface area (TPSA) is 95.6 Å². The number of anilines is 2. The van der Waals surface area contributed by atoms with Crippen LogP contribution in [0.4, 0.5) is 11.4 Å². The number of halogens is 2. The van der Waals surface area contributed by atoms with Crippen molar-refractivity contribution in [1.82, 2.24) is 4.90 Å². The Hall–Kier alpha value is -2.71. The average Bonchev–Trinajstić information content (AvgIpc) is 2.88. The Kier molecular flexibility index (Phi) is 6.34. The molecule has 3 rings (SSSR count). The quantitative estimate of drug-likeness (QED) is 0.612. The van der Waals surface area contributed by atoms with E-state index in [0.29, 0.717) is 28.9 Å². The molecular weight excluding hydrogens is 462 g/mol. The third-order valence-corrected chi connectivity index (χ3v) is 5.09. The Morgan fingerprint density at radius 3 is 2.45 bits per heavy atom. The minimum Gasteiger partial charge on any atom is -0.326 e. The Morgan fingerprint density at radius 2 is 1.76 bits per heavy atom. The van der Waals surface area contributed by atoms with Gasteiger partial charge in [-0.3, -0.25) is 24.1 Å². The van der Waals surface area contributed by atoms with Gasteiger partial charge in [0, 0.05) is 30.0 Å². The van der Waals surface area contributed by atoms with Gasteiger partial charge in [0.1, 0.15) is 0 Å². The molecule has 0 spiro atoms. The number of nitrogens with zero attached hydrogens (tertiary/aromatic N) is 1. The minimum atomic E-state index is -0.358. The number of amides is 4. The summed E-state index contributed by atoms with van der Waals surface area (Å²) in [6, 6.07) is 9.69. The SMILES string of the molecule is CC(=O)Nc1ccc(NC(=O)CCCN2C(=O)c3ccc(Br)cc3C2=O)c(Cl)c1. The van der Waals surface area contributed by atoms with Crippen LogP contribution in [0.5, 0.6) is 0 Å². The highest BCUT2D eigenvalue weighted by molar-refractivity contribution is 9.10. The number of benzene rings is 2. The van der Waals surface area contributed by atoms with E-state index in [9.17, 15) is 19.2 Å². The number of fused-ring (bicyclic) bond motifs is 1. The lowest BCUT2D eigenvalue weighted by molar-refractivity contribution is -0.116. The van der Waals surface area contributed by atoms with Gasteiger partial charge in [0.05, 0.1) is 21.8 Å². The predicted molar refractivity (Wildman–Crippen MR) is 113 cm³/mol. The summed E-state index contributed by atoms with van der Waals surface area (Å²) in [5.41, 5.74) is 1.67. The first kappa shape index (κ1) is 21.0. The number of imide groups is 1. The van der Waals surface area contributed by atoms with Crippen molar-refractivity contribution in [2.75, 3.05) is 17.2 Å². The van der Waals surface area contributed by atoms with E-state index in [1.807, 2.05) is 0 Å². The van der Waals surface area contributed by atoms with E-state index in [1.54, 1.807) is 30.3 Å². The van der Waals surface area contributed by atoms with E-state index >= 15 is 0 Å². The standard InChI is InChI=1S/C20H17BrClN3O4/c1-11(26)23-13-5-7-17(16(22)10-13)24-18(27)3-2-8-25-19(28)14-6-4-12(21)9-15(14)20(25)29/h4-7,9-10H,2-3,8H2,1H3,(H,23,26)(H,24,27). The zero-order valence-corrected chi connectivity index (χ0v) is 17.8. The van der Waals surface area contributed by atoms with Crippen molar-refractivity contribution < 1.29 is 19.2 Å². The highest BCUT2D eigenvalue weighted by Crippen LogP contribution is 2.27. The van der Waals surface area contributed by atoms with Crippen molar-refractivity contribution in [3.63, 3.8) is 0 Å². The molecule has 0 aliphatic carbocycles. The molecule has 0 aromatic heterocycles. The van der Waals surface area contributed by atoms with Crippen LogP contribution in [0.25, 0.3) is 0 Å². The zero-order chi connectivity index (χ0) is 21.1. The van der Waals surface area contributed by atoms with Gasteiger partial charge in [0.2, 0.25) is 11.8 Å². The summed E-state index contributed by atoms with van der Waals surface area (Å²) in [5.74, 6) is -1.23. The summed E-state index contributed by atoms with van der Waals surface area (Å²) < 4.78 is 0.722. The Balaban J connectivity index is 1.54. The lowest BCUT2D eigenvalue weighted by atomic mass is 10.1. The molecule has 7 nitrogen and oxygen atoms in total. The molecule has 1 aliphatic heterocycles. The summed E-state index contributed by atoms with van der Waals surface area (Å²) in [6.45, 7) is 1.53. The van der Waals surface area contributed by atoms with E-state index in [1.165, 1.54) is 13.0 Å². The van der Waals surface area contributed by atoms with Crippen molar-refractivity contribution in [2.45, 2.75) is 19.8 Å². The maximum absolute atomic E-state index is 12.4. The van der Waals surface area contributed by atoms with E-state index < -0.39 is 0 Å². The molecule has 0 unspecified atom stereocenters. The minimum absolute atomic E-state index is 0.112. The average molecular weight is 479 g/mol. The Bertz CT molecular complexity index is 1020. The molecule has 9 heteroatoms. The molecule has 4 amide bonds. The van der Waals surface area contributed by atoms with Gasteiger partial charge in [0.25, 0.3) is 11.8 Å². The second-order valence-corrected chi connectivity index (χ2v) is 7.80. The molecule has 0 saturated carbocycles. The van der Waals surface area contributed by atoms with E-state index in [4.69, 9.17) is 11.6 Å². The van der Waals surface area contributed by atoms with E-state index in [0.717, 1.165) is 9.37 Å². The van der Waals surface area contributed by atoms with Crippen LogP contribution in [0, 0.1) is 0 Å². The molecule has 2 N–H and O–H groups in total. The second-order valence-electron chi connectivity index (χ2n) is 6.48. The van der Waals surface area contributed by atoms with Crippen molar-refractivity contribution in [3.8, 4) is 0 Å². The molecule has 0 fully saturated rings. The molecule has 0 radical (unpaired) electrons. The number of carbonyl (C=O) groups is 4. The van der Waals surface area contributed by atoms with Crippen molar-refractivity contribution in [3.05, 3.63) is 57.0 Å². The lowest BCUT2D eigenvalue weighted by Crippen LogP contribution is -2.31. The molecule has 2 aromatic carbocycles. The normalized spacial score (nSPS) is 12.7. The highest BCUT2D eigenvalue weighted by Gasteiger charge is 2.35. The van der Waals surface area contributed by atoms with Gasteiger partial charge in [0.15, 0.2) is 0 Å². The summed E-state index contributed by atoms with van der Waals surface area (Å²) in [6.07, 6.45) is 0.431. The van der Waals surface area contributed by atoms with Crippen molar-refractivity contribution >= 4 is 62.5 Å². The maximum Gasteiger partial charge on any atom is 0.261 e. The molecule has 29 heavy (non-hydrogen) atoms. The molecule has 1 aliphatic rings. The molecular formula is C20H17BrClN3O4. The molecule has 0 saturated heterocycles. The highest BCUT2D eigenvalue weighted by atomic mass is 79.9. The maximum atomic E-state index is 12.4. The summed E-state index contributed by atoms with van der Waals surface area (Å²) in [7, 11) is 0. The molecule has 2 aromatic rings. The van der Waals surface area contributed by atoms with Gasteiger partial charge in [-0.05, 0) is 42.8 Å². The number of nitrogens with one attached hydrogen (secondary N) is 2. The van der Waals surface area contributed by atoms with Crippen molar-refractivity contribution in [1.29, 1.82) is 0 Å².